The van der Waals surface area contributed by atoms with E-state index >= 15 is 0 Å². The summed E-state index contributed by atoms with van der Waals surface area (Å²) in [5.41, 5.74) is 2.07. The van der Waals surface area contributed by atoms with Crippen molar-refractivity contribution in [3.63, 3.8) is 0 Å². The highest BCUT2D eigenvalue weighted by Crippen LogP contribution is 2.45. The summed E-state index contributed by atoms with van der Waals surface area (Å²) in [7, 11) is 1.45. The molecule has 0 amide bonds. The maximum Gasteiger partial charge on any atom is 0.346 e. The number of aryl methyl sites for hydroxylation is 1. The van der Waals surface area contributed by atoms with Crippen LogP contribution in [0.4, 0.5) is 0 Å². The first-order chi connectivity index (χ1) is 16.8. The third-order valence-electron chi connectivity index (χ3n) is 6.61. The Bertz CT molecular complexity index is 1100. The van der Waals surface area contributed by atoms with E-state index in [-0.39, 0.29) is 41.5 Å². The molecule has 1 saturated carbocycles. The minimum atomic E-state index is -0.810. The van der Waals surface area contributed by atoms with Gasteiger partial charge in [-0.3, -0.25) is 4.79 Å². The van der Waals surface area contributed by atoms with Gasteiger partial charge in [0.15, 0.2) is 11.5 Å². The molecule has 0 unspecified atom stereocenters. The predicted molar refractivity (Wildman–Crippen MR) is 130 cm³/mol. The van der Waals surface area contributed by atoms with Gasteiger partial charge in [-0.2, -0.15) is 0 Å². The molecule has 1 fully saturated rings. The Morgan fingerprint density at radius 1 is 1.17 bits per heavy atom. The minimum absolute atomic E-state index is 0.0504. The number of ether oxygens (including phenoxy) is 4. The summed E-state index contributed by atoms with van der Waals surface area (Å²) in [6, 6.07) is 6.94. The monoisotopic (exact) mass is 482 g/mol. The standard InChI is InChI=1S/C28H34O7/c1-16(2)12-21(29)20-10-11-22-24(26(20)32-4)28(31)33-15-19-13-17(3)14-23(25(19)34-22)35-27(30)18-8-6-5-7-9-18/h10-11,13-14,16,18,21,29H,5-9,12,15H2,1-4H3/t21-/m0/s1. The summed E-state index contributed by atoms with van der Waals surface area (Å²) in [6.07, 6.45) is 4.54. The van der Waals surface area contributed by atoms with Gasteiger partial charge in [-0.25, -0.2) is 4.79 Å². The van der Waals surface area contributed by atoms with Crippen LogP contribution in [0.25, 0.3) is 0 Å². The number of aliphatic hydroxyl groups excluding tert-OH is 1. The second-order valence-corrected chi connectivity index (χ2v) is 9.89. The molecule has 35 heavy (non-hydrogen) atoms. The molecule has 1 heterocycles. The largest absolute Gasteiger partial charge is 0.495 e. The van der Waals surface area contributed by atoms with Crippen LogP contribution >= 0.6 is 0 Å². The molecule has 1 aliphatic carbocycles. The number of carbonyl (C=O) groups excluding carboxylic acids is 2. The summed E-state index contributed by atoms with van der Waals surface area (Å²) in [5.74, 6) is 0.339. The van der Waals surface area contributed by atoms with E-state index in [1.165, 1.54) is 7.11 Å². The van der Waals surface area contributed by atoms with Gasteiger partial charge in [-0.1, -0.05) is 33.1 Å². The van der Waals surface area contributed by atoms with E-state index in [4.69, 9.17) is 18.9 Å². The third kappa shape index (κ3) is 5.45. The number of rotatable bonds is 6. The van der Waals surface area contributed by atoms with Gasteiger partial charge in [-0.05, 0) is 61.9 Å². The van der Waals surface area contributed by atoms with Crippen LogP contribution in [0.2, 0.25) is 0 Å². The SMILES string of the molecule is COc1c([C@@H](O)CC(C)C)ccc2c1C(=O)OCc1cc(C)cc(OC(=O)C3CCCCC3)c1O2. The lowest BCUT2D eigenvalue weighted by atomic mass is 9.89. The van der Waals surface area contributed by atoms with Crippen molar-refractivity contribution in [2.75, 3.05) is 7.11 Å². The molecule has 4 rings (SSSR count). The third-order valence-corrected chi connectivity index (χ3v) is 6.61. The lowest BCUT2D eigenvalue weighted by Gasteiger charge is -2.25. The highest BCUT2D eigenvalue weighted by molar-refractivity contribution is 5.96. The number of carbonyl (C=O) groups is 2. The zero-order chi connectivity index (χ0) is 25.1. The molecule has 1 N–H and O–H groups in total. The zero-order valence-corrected chi connectivity index (χ0v) is 20.9. The van der Waals surface area contributed by atoms with E-state index in [1.807, 2.05) is 26.8 Å². The van der Waals surface area contributed by atoms with Crippen molar-refractivity contribution in [3.05, 3.63) is 46.5 Å². The molecule has 7 heteroatoms. The molecule has 0 saturated heterocycles. The first kappa shape index (κ1) is 25.0. The quantitative estimate of drug-likeness (QED) is 0.397. The maximum absolute atomic E-state index is 13.0. The van der Waals surface area contributed by atoms with Gasteiger partial charge >= 0.3 is 11.9 Å². The molecule has 2 aromatic carbocycles. The van der Waals surface area contributed by atoms with Crippen molar-refractivity contribution in [3.8, 4) is 23.0 Å². The molecular formula is C28H34O7. The van der Waals surface area contributed by atoms with Gasteiger partial charge in [0.1, 0.15) is 23.7 Å². The van der Waals surface area contributed by atoms with Crippen LogP contribution in [0.3, 0.4) is 0 Å². The number of benzene rings is 2. The van der Waals surface area contributed by atoms with E-state index in [0.717, 1.165) is 37.7 Å². The first-order valence-corrected chi connectivity index (χ1v) is 12.4. The fraction of sp³-hybridized carbons (Fsp3) is 0.500. The van der Waals surface area contributed by atoms with Crippen molar-refractivity contribution in [1.29, 1.82) is 0 Å². The molecule has 0 radical (unpaired) electrons. The fourth-order valence-corrected chi connectivity index (χ4v) is 4.88. The fourth-order valence-electron chi connectivity index (χ4n) is 4.88. The van der Waals surface area contributed by atoms with E-state index in [9.17, 15) is 14.7 Å². The van der Waals surface area contributed by atoms with Crippen LogP contribution in [-0.4, -0.2) is 24.2 Å². The average Bonchev–Trinajstić information content (AvgIpc) is 2.82. The average molecular weight is 483 g/mol. The van der Waals surface area contributed by atoms with Crippen molar-refractivity contribution >= 4 is 11.9 Å². The molecule has 0 spiro atoms. The summed E-state index contributed by atoms with van der Waals surface area (Å²) in [4.78, 5) is 26.0. The van der Waals surface area contributed by atoms with E-state index in [0.29, 0.717) is 29.0 Å². The predicted octanol–water partition coefficient (Wildman–Crippen LogP) is 6.03. The molecule has 7 nitrogen and oxygen atoms in total. The van der Waals surface area contributed by atoms with Crippen molar-refractivity contribution < 1.29 is 33.6 Å². The summed E-state index contributed by atoms with van der Waals surface area (Å²) < 4.78 is 23.3. The number of aliphatic hydroxyl groups is 1. The molecule has 0 aromatic heterocycles. The smallest absolute Gasteiger partial charge is 0.346 e. The van der Waals surface area contributed by atoms with Crippen LogP contribution in [0.5, 0.6) is 23.0 Å². The Kier molecular flexibility index (Phi) is 7.65. The molecule has 188 valence electrons. The summed E-state index contributed by atoms with van der Waals surface area (Å²) in [5, 5.41) is 10.7. The second-order valence-electron chi connectivity index (χ2n) is 9.89. The Hall–Kier alpha value is -3.06. The highest BCUT2D eigenvalue weighted by atomic mass is 16.6. The normalized spacial score (nSPS) is 16.8. The van der Waals surface area contributed by atoms with Gasteiger partial charge in [-0.15, -0.1) is 0 Å². The lowest BCUT2D eigenvalue weighted by molar-refractivity contribution is -0.140. The van der Waals surface area contributed by atoms with Crippen LogP contribution < -0.4 is 14.2 Å². The number of cyclic esters (lactones) is 1. The number of fused-ring (bicyclic) bond motifs is 2. The number of esters is 2. The second kappa shape index (κ2) is 10.7. The van der Waals surface area contributed by atoms with Crippen LogP contribution in [0.15, 0.2) is 24.3 Å². The number of hydrogen-bond acceptors (Lipinski definition) is 7. The zero-order valence-electron chi connectivity index (χ0n) is 20.9. The van der Waals surface area contributed by atoms with Gasteiger partial charge in [0.2, 0.25) is 0 Å². The van der Waals surface area contributed by atoms with Crippen molar-refractivity contribution in [1.82, 2.24) is 0 Å². The Balaban J connectivity index is 1.73. The van der Waals surface area contributed by atoms with Gasteiger partial charge < -0.3 is 24.1 Å². The van der Waals surface area contributed by atoms with Gasteiger partial charge in [0.05, 0.1) is 19.1 Å². The Morgan fingerprint density at radius 2 is 1.91 bits per heavy atom. The Morgan fingerprint density at radius 3 is 2.60 bits per heavy atom. The van der Waals surface area contributed by atoms with Crippen LogP contribution in [0.1, 0.15) is 85.5 Å². The van der Waals surface area contributed by atoms with E-state index < -0.39 is 12.1 Å². The lowest BCUT2D eigenvalue weighted by Crippen LogP contribution is -2.23. The van der Waals surface area contributed by atoms with Crippen molar-refractivity contribution in [2.24, 2.45) is 11.8 Å². The molecule has 0 bridgehead atoms. The van der Waals surface area contributed by atoms with E-state index in [2.05, 4.69) is 0 Å². The number of hydrogen-bond donors (Lipinski definition) is 1. The molecule has 2 aliphatic rings. The topological polar surface area (TPSA) is 91.3 Å². The molecule has 2 aromatic rings. The van der Waals surface area contributed by atoms with E-state index in [1.54, 1.807) is 18.2 Å². The van der Waals surface area contributed by atoms with Gasteiger partial charge in [0, 0.05) is 11.1 Å². The number of methoxy groups -OCH3 is 1. The minimum Gasteiger partial charge on any atom is -0.495 e. The summed E-state index contributed by atoms with van der Waals surface area (Å²) in [6.45, 7) is 5.86. The summed E-state index contributed by atoms with van der Waals surface area (Å²) >= 11 is 0. The Labute approximate surface area is 206 Å². The maximum atomic E-state index is 13.0. The van der Waals surface area contributed by atoms with Crippen LogP contribution in [0, 0.1) is 18.8 Å². The highest BCUT2D eigenvalue weighted by Gasteiger charge is 2.31. The van der Waals surface area contributed by atoms with Gasteiger partial charge in [0.25, 0.3) is 0 Å². The van der Waals surface area contributed by atoms with Crippen molar-refractivity contribution in [2.45, 2.75) is 72.0 Å². The van der Waals surface area contributed by atoms with Crippen LogP contribution in [-0.2, 0) is 16.1 Å². The first-order valence-electron chi connectivity index (χ1n) is 12.4. The molecule has 1 aliphatic heterocycles. The molecule has 1 atom stereocenters. The molecular weight excluding hydrogens is 448 g/mol.